The maximum atomic E-state index is 12.1. The number of amides is 1. The van der Waals surface area contributed by atoms with Gasteiger partial charge in [0.25, 0.3) is 5.91 Å². The molecule has 1 aromatic heterocycles. The Morgan fingerprint density at radius 1 is 1.00 bits per heavy atom. The second-order valence-corrected chi connectivity index (χ2v) is 4.52. The predicted octanol–water partition coefficient (Wildman–Crippen LogP) is 0.448. The molecule has 1 rings (SSSR count). The SMILES string of the molecule is CCOC(=O)c1c(C(=O)OCC)c(C)n(CC(=O)NN)c1C. The Morgan fingerprint density at radius 3 is 1.73 bits per heavy atom. The van der Waals surface area contributed by atoms with Gasteiger partial charge in [-0.05, 0) is 27.7 Å². The molecular weight excluding hydrogens is 290 g/mol. The van der Waals surface area contributed by atoms with Gasteiger partial charge in [-0.2, -0.15) is 0 Å². The van der Waals surface area contributed by atoms with Crippen molar-refractivity contribution in [1.82, 2.24) is 9.99 Å². The lowest BCUT2D eigenvalue weighted by Crippen LogP contribution is -2.33. The third-order valence-corrected chi connectivity index (χ3v) is 3.21. The van der Waals surface area contributed by atoms with Crippen LogP contribution in [0.2, 0.25) is 0 Å². The van der Waals surface area contributed by atoms with Crippen LogP contribution in [0.15, 0.2) is 0 Å². The topological polar surface area (TPSA) is 113 Å². The summed E-state index contributed by atoms with van der Waals surface area (Å²) in [7, 11) is 0. The number of rotatable bonds is 6. The third kappa shape index (κ3) is 3.45. The molecule has 1 heterocycles. The quantitative estimate of drug-likeness (QED) is 0.341. The van der Waals surface area contributed by atoms with Crippen LogP contribution in [0.25, 0.3) is 0 Å². The second-order valence-electron chi connectivity index (χ2n) is 4.52. The van der Waals surface area contributed by atoms with Gasteiger partial charge in [0.05, 0.1) is 24.3 Å². The van der Waals surface area contributed by atoms with E-state index >= 15 is 0 Å². The van der Waals surface area contributed by atoms with Crippen LogP contribution in [0.4, 0.5) is 0 Å². The lowest BCUT2D eigenvalue weighted by Gasteiger charge is -2.08. The highest BCUT2D eigenvalue weighted by molar-refractivity contribution is 6.05. The average molecular weight is 311 g/mol. The summed E-state index contributed by atoms with van der Waals surface area (Å²) in [6, 6.07) is 0. The molecule has 8 nitrogen and oxygen atoms in total. The molecule has 0 fully saturated rings. The summed E-state index contributed by atoms with van der Waals surface area (Å²) in [6.07, 6.45) is 0. The van der Waals surface area contributed by atoms with E-state index in [2.05, 4.69) is 0 Å². The number of nitrogens with two attached hydrogens (primary N) is 1. The molecular formula is C14H21N3O5. The number of carbonyl (C=O) groups excluding carboxylic acids is 3. The average Bonchev–Trinajstić information content (AvgIpc) is 2.72. The van der Waals surface area contributed by atoms with Gasteiger partial charge in [0.15, 0.2) is 0 Å². The van der Waals surface area contributed by atoms with Gasteiger partial charge in [0.2, 0.25) is 0 Å². The number of ether oxygens (including phenoxy) is 2. The number of nitrogens with zero attached hydrogens (tertiary/aromatic N) is 1. The largest absolute Gasteiger partial charge is 0.462 e. The van der Waals surface area contributed by atoms with Crippen molar-refractivity contribution in [2.24, 2.45) is 5.84 Å². The number of hydrogen-bond donors (Lipinski definition) is 2. The summed E-state index contributed by atoms with van der Waals surface area (Å²) in [5, 5.41) is 0. The Kier molecular flexibility index (Phi) is 6.11. The van der Waals surface area contributed by atoms with Gasteiger partial charge in [0, 0.05) is 11.4 Å². The molecule has 3 N–H and O–H groups in total. The van der Waals surface area contributed by atoms with Gasteiger partial charge < -0.3 is 14.0 Å². The van der Waals surface area contributed by atoms with E-state index in [1.54, 1.807) is 27.7 Å². The van der Waals surface area contributed by atoms with Crippen molar-refractivity contribution in [1.29, 1.82) is 0 Å². The Labute approximate surface area is 128 Å². The molecule has 1 amide bonds. The van der Waals surface area contributed by atoms with Crippen molar-refractivity contribution in [3.8, 4) is 0 Å². The molecule has 22 heavy (non-hydrogen) atoms. The molecule has 0 aliphatic rings. The summed E-state index contributed by atoms with van der Waals surface area (Å²) in [5.41, 5.74) is 3.13. The summed E-state index contributed by atoms with van der Waals surface area (Å²) in [5.74, 6) is 3.38. The lowest BCUT2D eigenvalue weighted by molar-refractivity contribution is -0.121. The lowest BCUT2D eigenvalue weighted by atomic mass is 10.1. The van der Waals surface area contributed by atoms with Crippen LogP contribution < -0.4 is 11.3 Å². The van der Waals surface area contributed by atoms with Crippen molar-refractivity contribution < 1.29 is 23.9 Å². The number of hydrogen-bond acceptors (Lipinski definition) is 6. The van der Waals surface area contributed by atoms with Crippen LogP contribution in [-0.4, -0.2) is 35.6 Å². The molecule has 1 aromatic rings. The van der Waals surface area contributed by atoms with Crippen LogP contribution in [0.1, 0.15) is 46.0 Å². The fraction of sp³-hybridized carbons (Fsp3) is 0.500. The Hall–Kier alpha value is -2.35. The summed E-state index contributed by atoms with van der Waals surface area (Å²) in [6.45, 7) is 6.84. The van der Waals surface area contributed by atoms with Gasteiger partial charge in [0.1, 0.15) is 6.54 Å². The molecule has 0 bridgehead atoms. The minimum absolute atomic E-state index is 0.111. The molecule has 0 aromatic carbocycles. The first-order chi connectivity index (χ1) is 10.4. The zero-order valence-corrected chi connectivity index (χ0v) is 13.2. The summed E-state index contributed by atoms with van der Waals surface area (Å²) < 4.78 is 11.5. The fourth-order valence-corrected chi connectivity index (χ4v) is 2.22. The van der Waals surface area contributed by atoms with Gasteiger partial charge in [-0.3, -0.25) is 10.2 Å². The van der Waals surface area contributed by atoms with E-state index in [4.69, 9.17) is 15.3 Å². The fourth-order valence-electron chi connectivity index (χ4n) is 2.22. The van der Waals surface area contributed by atoms with Crippen molar-refractivity contribution in [3.05, 3.63) is 22.5 Å². The number of esters is 2. The number of hydrazine groups is 1. The molecule has 0 unspecified atom stereocenters. The Morgan fingerprint density at radius 2 is 1.41 bits per heavy atom. The van der Waals surface area contributed by atoms with Gasteiger partial charge in [-0.25, -0.2) is 15.4 Å². The van der Waals surface area contributed by atoms with E-state index in [9.17, 15) is 14.4 Å². The van der Waals surface area contributed by atoms with Crippen LogP contribution >= 0.6 is 0 Å². The zero-order chi connectivity index (χ0) is 16.9. The second kappa shape index (κ2) is 7.60. The normalized spacial score (nSPS) is 10.2. The maximum absolute atomic E-state index is 12.1. The molecule has 8 heteroatoms. The monoisotopic (exact) mass is 311 g/mol. The van der Waals surface area contributed by atoms with Crippen LogP contribution in [-0.2, 0) is 20.8 Å². The van der Waals surface area contributed by atoms with Crippen molar-refractivity contribution in [2.75, 3.05) is 13.2 Å². The van der Waals surface area contributed by atoms with E-state index in [0.29, 0.717) is 11.4 Å². The first-order valence-corrected chi connectivity index (χ1v) is 6.92. The number of carbonyl (C=O) groups is 3. The molecule has 0 spiro atoms. The molecule has 0 aliphatic heterocycles. The highest BCUT2D eigenvalue weighted by atomic mass is 16.5. The number of nitrogens with one attached hydrogen (secondary N) is 1. The van der Waals surface area contributed by atoms with Gasteiger partial charge in [-0.1, -0.05) is 0 Å². The highest BCUT2D eigenvalue weighted by Gasteiger charge is 2.29. The summed E-state index contributed by atoms with van der Waals surface area (Å²) in [4.78, 5) is 35.8. The molecule has 0 radical (unpaired) electrons. The van der Waals surface area contributed by atoms with Crippen LogP contribution in [0.3, 0.4) is 0 Å². The molecule has 0 saturated heterocycles. The highest BCUT2D eigenvalue weighted by Crippen LogP contribution is 2.24. The molecule has 0 atom stereocenters. The maximum Gasteiger partial charge on any atom is 0.340 e. The third-order valence-electron chi connectivity index (χ3n) is 3.21. The Bertz CT molecular complexity index is 550. The van der Waals surface area contributed by atoms with E-state index < -0.39 is 17.8 Å². The van der Waals surface area contributed by atoms with Gasteiger partial charge in [-0.15, -0.1) is 0 Å². The first-order valence-electron chi connectivity index (χ1n) is 6.92. The van der Waals surface area contributed by atoms with Crippen molar-refractivity contribution >= 4 is 17.8 Å². The van der Waals surface area contributed by atoms with Crippen LogP contribution in [0, 0.1) is 13.8 Å². The van der Waals surface area contributed by atoms with E-state index in [1.165, 1.54) is 4.57 Å². The predicted molar refractivity (Wildman–Crippen MR) is 78.1 cm³/mol. The van der Waals surface area contributed by atoms with Crippen molar-refractivity contribution in [3.63, 3.8) is 0 Å². The van der Waals surface area contributed by atoms with E-state index in [0.717, 1.165) is 0 Å². The molecule has 122 valence electrons. The standard InChI is InChI=1S/C14H21N3O5/c1-5-21-13(19)11-8(3)17(7-10(18)16-15)9(4)12(11)14(20)22-6-2/h5-7,15H2,1-4H3,(H,16,18). The first kappa shape index (κ1) is 17.7. The Balaban J connectivity index is 3.44. The zero-order valence-electron chi connectivity index (χ0n) is 13.2. The van der Waals surface area contributed by atoms with Gasteiger partial charge >= 0.3 is 11.9 Å². The van der Waals surface area contributed by atoms with Crippen LogP contribution in [0.5, 0.6) is 0 Å². The van der Waals surface area contributed by atoms with E-state index in [1.807, 2.05) is 5.43 Å². The smallest absolute Gasteiger partial charge is 0.340 e. The summed E-state index contributed by atoms with van der Waals surface area (Å²) >= 11 is 0. The minimum atomic E-state index is -0.627. The van der Waals surface area contributed by atoms with E-state index in [-0.39, 0.29) is 30.9 Å². The number of aromatic nitrogens is 1. The minimum Gasteiger partial charge on any atom is -0.462 e. The molecule has 0 saturated carbocycles. The van der Waals surface area contributed by atoms with Crippen molar-refractivity contribution in [2.45, 2.75) is 34.2 Å². The molecule has 0 aliphatic carbocycles.